The van der Waals surface area contributed by atoms with E-state index in [-0.39, 0.29) is 51.0 Å². The predicted octanol–water partition coefficient (Wildman–Crippen LogP) is 3.09. The summed E-state index contributed by atoms with van der Waals surface area (Å²) in [5, 5.41) is 0. The molecule has 191 valence electrons. The maximum absolute atomic E-state index is 3.71. The SMILES string of the molecule is CC(C)CC1=Cc2c(-c3ccccc3)cccc2C1c1[c-]ccc2c1Cc1ccccc1-2.C[Si]C.[Cl-].[Cl-].[Zr+3]. The molecule has 1 atom stereocenters. The van der Waals surface area contributed by atoms with E-state index in [1.165, 1.54) is 55.6 Å². The molecule has 0 nitrogen and oxygen atoms in total. The third-order valence-corrected chi connectivity index (χ3v) is 6.98. The smallest absolute Gasteiger partial charge is 1.00 e. The third kappa shape index (κ3) is 6.37. The van der Waals surface area contributed by atoms with Crippen molar-refractivity contribution in [1.29, 1.82) is 0 Å². The molecule has 0 N–H and O–H groups in total. The maximum Gasteiger partial charge on any atom is 3.00 e. The molecule has 0 bridgehead atoms. The van der Waals surface area contributed by atoms with Crippen molar-refractivity contribution in [3.05, 3.63) is 124 Å². The number of allylic oxidation sites excluding steroid dienone is 1. The van der Waals surface area contributed by atoms with Crippen LogP contribution >= 0.6 is 0 Å². The quantitative estimate of drug-likeness (QED) is 0.212. The van der Waals surface area contributed by atoms with Crippen LogP contribution in [0.5, 0.6) is 0 Å². The molecule has 0 saturated carbocycles. The van der Waals surface area contributed by atoms with Crippen molar-refractivity contribution in [2.24, 2.45) is 5.92 Å². The molecule has 4 aromatic rings. The van der Waals surface area contributed by atoms with Gasteiger partial charge in [-0.25, -0.2) is 0 Å². The fraction of sp³-hybridized carbons (Fsp3) is 0.235. The number of benzene rings is 4. The Balaban J connectivity index is 0.000000809. The van der Waals surface area contributed by atoms with Crippen molar-refractivity contribution in [1.82, 2.24) is 0 Å². The van der Waals surface area contributed by atoms with E-state index in [9.17, 15) is 0 Å². The van der Waals surface area contributed by atoms with Crippen LogP contribution in [-0.4, -0.2) is 9.52 Å². The molecule has 3 radical (unpaired) electrons. The van der Waals surface area contributed by atoms with Crippen LogP contribution in [0.4, 0.5) is 0 Å². The Morgan fingerprint density at radius 2 is 1.47 bits per heavy atom. The molecule has 2 aliphatic carbocycles. The molecule has 2 aliphatic rings. The van der Waals surface area contributed by atoms with Crippen molar-refractivity contribution in [2.45, 2.75) is 45.7 Å². The minimum absolute atomic E-state index is 0. The second kappa shape index (κ2) is 14.6. The monoisotopic (exact) mass is 629 g/mol. The van der Waals surface area contributed by atoms with Crippen molar-refractivity contribution in [2.75, 3.05) is 0 Å². The normalized spacial score (nSPS) is 13.9. The van der Waals surface area contributed by atoms with E-state index < -0.39 is 0 Å². The van der Waals surface area contributed by atoms with Gasteiger partial charge in [0.05, 0.1) is 0 Å². The average Bonchev–Trinajstić information content (AvgIpc) is 3.42. The Labute approximate surface area is 263 Å². The van der Waals surface area contributed by atoms with Gasteiger partial charge in [0.15, 0.2) is 0 Å². The molecule has 0 amide bonds. The van der Waals surface area contributed by atoms with Crippen LogP contribution in [0.3, 0.4) is 0 Å². The second-order valence-corrected chi connectivity index (χ2v) is 11.0. The summed E-state index contributed by atoms with van der Waals surface area (Å²) in [6.07, 6.45) is 4.60. The van der Waals surface area contributed by atoms with Gasteiger partial charge in [-0.15, -0.1) is 16.7 Å². The summed E-state index contributed by atoms with van der Waals surface area (Å²) in [4.78, 5) is 0. The van der Waals surface area contributed by atoms with Crippen molar-refractivity contribution < 1.29 is 51.0 Å². The summed E-state index contributed by atoms with van der Waals surface area (Å²) < 4.78 is 0. The van der Waals surface area contributed by atoms with Gasteiger partial charge >= 0.3 is 26.2 Å². The van der Waals surface area contributed by atoms with Crippen LogP contribution in [0, 0.1) is 12.0 Å². The molecule has 38 heavy (non-hydrogen) atoms. The van der Waals surface area contributed by atoms with Gasteiger partial charge in [-0.2, -0.15) is 18.2 Å². The predicted molar refractivity (Wildman–Crippen MR) is 152 cm³/mol. The Kier molecular flexibility index (Phi) is 12.5. The van der Waals surface area contributed by atoms with E-state index in [2.05, 4.69) is 124 Å². The molecule has 0 saturated heterocycles. The van der Waals surface area contributed by atoms with Crippen LogP contribution in [0.25, 0.3) is 28.3 Å². The molecule has 0 aliphatic heterocycles. The van der Waals surface area contributed by atoms with Crippen molar-refractivity contribution >= 4 is 15.6 Å². The molecule has 0 fully saturated rings. The third-order valence-electron chi connectivity index (χ3n) is 6.98. The Bertz CT molecular complexity index is 1380. The first kappa shape index (κ1) is 32.5. The van der Waals surface area contributed by atoms with Gasteiger partial charge in [0.25, 0.3) is 0 Å². The second-order valence-electron chi connectivity index (χ2n) is 10.0. The number of fused-ring (bicyclic) bond motifs is 4. The van der Waals surface area contributed by atoms with Crippen molar-refractivity contribution in [3.63, 3.8) is 0 Å². The minimum Gasteiger partial charge on any atom is -1.00 e. The van der Waals surface area contributed by atoms with Gasteiger partial charge in [-0.05, 0) is 52.1 Å². The zero-order valence-electron chi connectivity index (χ0n) is 22.5. The average molecular weight is 632 g/mol. The number of rotatable bonds is 4. The van der Waals surface area contributed by atoms with Gasteiger partial charge in [0, 0.05) is 15.4 Å². The van der Waals surface area contributed by atoms with Gasteiger partial charge in [0.2, 0.25) is 0 Å². The van der Waals surface area contributed by atoms with Crippen molar-refractivity contribution in [3.8, 4) is 22.3 Å². The van der Waals surface area contributed by atoms with E-state index in [0.717, 1.165) is 22.4 Å². The molecule has 0 heterocycles. The van der Waals surface area contributed by atoms with Crippen LogP contribution in [-0.2, 0) is 32.6 Å². The van der Waals surface area contributed by atoms with Crippen LogP contribution in [0.15, 0.2) is 90.5 Å². The molecular weight excluding hydrogens is 599 g/mol. The Morgan fingerprint density at radius 3 is 2.18 bits per heavy atom. The first-order chi connectivity index (χ1) is 17.1. The molecular formula is C34H33Cl2SiZr. The summed E-state index contributed by atoms with van der Waals surface area (Å²) in [5.74, 6) is 0.910. The summed E-state index contributed by atoms with van der Waals surface area (Å²) in [7, 11) is 1.08. The molecule has 4 heteroatoms. The Hall–Kier alpha value is -1.70. The van der Waals surface area contributed by atoms with E-state index in [4.69, 9.17) is 0 Å². The van der Waals surface area contributed by atoms with E-state index >= 15 is 0 Å². The Morgan fingerprint density at radius 1 is 0.816 bits per heavy atom. The number of halogens is 2. The minimum atomic E-state index is 0. The van der Waals surface area contributed by atoms with Gasteiger partial charge < -0.3 is 24.8 Å². The van der Waals surface area contributed by atoms with Crippen LogP contribution < -0.4 is 24.8 Å². The maximum atomic E-state index is 3.71. The number of hydrogen-bond donors (Lipinski definition) is 0. The fourth-order valence-electron chi connectivity index (χ4n) is 5.70. The topological polar surface area (TPSA) is 0 Å². The molecule has 4 aromatic carbocycles. The number of hydrogen-bond acceptors (Lipinski definition) is 0. The van der Waals surface area contributed by atoms with Gasteiger partial charge in [0.1, 0.15) is 0 Å². The molecule has 1 unspecified atom stereocenters. The zero-order valence-corrected chi connectivity index (χ0v) is 27.5. The fourth-order valence-corrected chi connectivity index (χ4v) is 5.70. The summed E-state index contributed by atoms with van der Waals surface area (Å²) in [5.41, 5.74) is 14.0. The van der Waals surface area contributed by atoms with E-state index in [1.54, 1.807) is 0 Å². The summed E-state index contributed by atoms with van der Waals surface area (Å²) >= 11 is 0. The van der Waals surface area contributed by atoms with Gasteiger partial charge in [-0.1, -0.05) is 111 Å². The van der Waals surface area contributed by atoms with E-state index in [1.807, 2.05) is 0 Å². The molecule has 6 rings (SSSR count). The first-order valence-corrected chi connectivity index (χ1v) is 14.7. The van der Waals surface area contributed by atoms with Crippen LogP contribution in [0.1, 0.15) is 54.0 Å². The summed E-state index contributed by atoms with van der Waals surface area (Å²) in [6, 6.07) is 34.6. The van der Waals surface area contributed by atoms with E-state index in [0.29, 0.717) is 11.8 Å². The standard InChI is InChI=1S/C32H27.C2H6Si.2ClH.Zr/c1-21(2)18-24-20-30-25(22-10-4-3-5-11-22)14-8-16-28(30)32(24)29-17-9-15-27-26-13-7-6-12-23(26)19-31(27)29;1-3-2;;;/h3-16,20-21,32H,18-19H2,1-2H3;1-2H3;2*1H;/q-1;;;;+3/p-2. The zero-order chi connectivity index (χ0) is 24.4. The largest absolute Gasteiger partial charge is 3.00 e. The summed E-state index contributed by atoms with van der Waals surface area (Å²) in [6.45, 7) is 8.96. The molecule has 0 aromatic heterocycles. The van der Waals surface area contributed by atoms with Gasteiger partial charge in [-0.3, -0.25) is 0 Å². The van der Waals surface area contributed by atoms with Crippen LogP contribution in [0.2, 0.25) is 13.1 Å². The molecule has 0 spiro atoms. The first-order valence-electron chi connectivity index (χ1n) is 12.7.